The first kappa shape index (κ1) is 6.68. The third-order valence-corrected chi connectivity index (χ3v) is 0.368. The summed E-state index contributed by atoms with van der Waals surface area (Å²) in [6, 6.07) is 0. The van der Waals surface area contributed by atoms with E-state index in [4.69, 9.17) is 10.2 Å². The van der Waals surface area contributed by atoms with Crippen LogP contribution < -0.4 is 0 Å². The molecule has 0 saturated heterocycles. The van der Waals surface area contributed by atoms with Crippen LogP contribution in [-0.4, -0.2) is 22.2 Å². The summed E-state index contributed by atoms with van der Waals surface area (Å²) in [6.45, 7) is 0. The molecule has 4 nitrogen and oxygen atoms in total. The number of carboxylic acids is 2. The number of aliphatic carboxylic acids is 2. The van der Waals surface area contributed by atoms with Crippen molar-refractivity contribution in [1.29, 1.82) is 0 Å². The molecule has 8 heavy (non-hydrogen) atoms. The maximum Gasteiger partial charge on any atom is 0.328 e. The van der Waals surface area contributed by atoms with Crippen LogP contribution in [0.3, 0.4) is 0 Å². The highest BCUT2D eigenvalue weighted by Crippen LogP contribution is 1.70. The quantitative estimate of drug-likeness (QED) is 0.386. The average Bonchev–Trinajstić information content (AvgIpc) is 1.61. The summed E-state index contributed by atoms with van der Waals surface area (Å²) in [5.74, 6) is -2.51. The van der Waals surface area contributed by atoms with Gasteiger partial charge in [-0.05, 0) is 0 Å². The first-order chi connectivity index (χ1) is 3.63. The van der Waals surface area contributed by atoms with Gasteiger partial charge in [0.2, 0.25) is 0 Å². The Morgan fingerprint density at radius 3 is 1.38 bits per heavy atom. The van der Waals surface area contributed by atoms with Crippen molar-refractivity contribution in [3.05, 3.63) is 12.2 Å². The summed E-state index contributed by atoms with van der Waals surface area (Å²) < 4.78 is 0. The number of hydrogen-bond acceptors (Lipinski definition) is 2. The number of carbonyl (C=O) groups is 2. The lowest BCUT2D eigenvalue weighted by atomic mass is 11.0. The van der Waals surface area contributed by atoms with Gasteiger partial charge in [-0.2, -0.15) is 0 Å². The van der Waals surface area contributed by atoms with Crippen molar-refractivity contribution in [3.63, 3.8) is 0 Å². The van der Waals surface area contributed by atoms with Gasteiger partial charge >= 0.3 is 11.9 Å². The molecule has 0 bridgehead atoms. The van der Waals surface area contributed by atoms with Crippen LogP contribution in [0.2, 0.25) is 0 Å². The Hall–Kier alpha value is -1.32. The fourth-order valence-electron chi connectivity index (χ4n) is 0.143. The van der Waals surface area contributed by atoms with E-state index in [1.54, 1.807) is 0 Å². The van der Waals surface area contributed by atoms with Crippen LogP contribution in [0.4, 0.5) is 0 Å². The molecule has 0 aromatic rings. The van der Waals surface area contributed by atoms with E-state index in [-0.39, 0.29) is 0 Å². The molecule has 0 fully saturated rings. The maximum atomic E-state index is 9.55. The highest BCUT2D eigenvalue weighted by molar-refractivity contribution is 5.89. The van der Waals surface area contributed by atoms with Crippen molar-refractivity contribution in [2.75, 3.05) is 0 Å². The standard InChI is InChI=1S/C4H4O4/c5-3(6)1-2-4(7)8/h1-2H,(H,5,6)(H,7,8)/b2-1+/i1+1,2+1. The zero-order valence-electron chi connectivity index (χ0n) is 3.87. The molecular formula is C4H4O4. The van der Waals surface area contributed by atoms with E-state index in [0.717, 1.165) is 0 Å². The van der Waals surface area contributed by atoms with E-state index >= 15 is 0 Å². The lowest BCUT2D eigenvalue weighted by Gasteiger charge is -1.74. The second-order valence-electron chi connectivity index (χ2n) is 1.01. The van der Waals surface area contributed by atoms with Gasteiger partial charge in [0.25, 0.3) is 0 Å². The topological polar surface area (TPSA) is 74.6 Å². The van der Waals surface area contributed by atoms with Crippen molar-refractivity contribution in [1.82, 2.24) is 0 Å². The van der Waals surface area contributed by atoms with E-state index < -0.39 is 11.9 Å². The predicted molar refractivity (Wildman–Crippen MR) is 24.4 cm³/mol. The zero-order valence-corrected chi connectivity index (χ0v) is 3.87. The zero-order chi connectivity index (χ0) is 6.57. The summed E-state index contributed by atoms with van der Waals surface area (Å²) in [5, 5.41) is 15.6. The highest BCUT2D eigenvalue weighted by Gasteiger charge is 1.88. The molecule has 0 heterocycles. The maximum absolute atomic E-state index is 9.55. The smallest absolute Gasteiger partial charge is 0.328 e. The first-order valence-corrected chi connectivity index (χ1v) is 1.77. The van der Waals surface area contributed by atoms with Gasteiger partial charge < -0.3 is 10.2 Å². The Morgan fingerprint density at radius 2 is 1.25 bits per heavy atom. The molecule has 0 unspecified atom stereocenters. The number of rotatable bonds is 2. The van der Waals surface area contributed by atoms with E-state index in [2.05, 4.69) is 0 Å². The lowest BCUT2D eigenvalue weighted by Crippen LogP contribution is -1.91. The fraction of sp³-hybridized carbons (Fsp3) is 0. The van der Waals surface area contributed by atoms with Crippen molar-refractivity contribution in [3.8, 4) is 0 Å². The summed E-state index contributed by atoms with van der Waals surface area (Å²) in [5.41, 5.74) is 0. The van der Waals surface area contributed by atoms with Gasteiger partial charge in [-0.3, -0.25) is 0 Å². The molecule has 0 aromatic carbocycles. The second-order valence-corrected chi connectivity index (χ2v) is 1.01. The van der Waals surface area contributed by atoms with Crippen molar-refractivity contribution in [2.24, 2.45) is 0 Å². The van der Waals surface area contributed by atoms with Gasteiger partial charge in [0, 0.05) is 12.2 Å². The van der Waals surface area contributed by atoms with Gasteiger partial charge in [-0.25, -0.2) is 9.59 Å². The summed E-state index contributed by atoms with van der Waals surface area (Å²) in [7, 11) is 0. The van der Waals surface area contributed by atoms with Crippen LogP contribution in [0, 0.1) is 0 Å². The van der Waals surface area contributed by atoms with Crippen molar-refractivity contribution in [2.45, 2.75) is 0 Å². The monoisotopic (exact) mass is 118 g/mol. The Morgan fingerprint density at radius 1 is 1.00 bits per heavy atom. The number of hydrogen-bond donors (Lipinski definition) is 2. The molecule has 4 heteroatoms. The molecule has 0 atom stereocenters. The summed E-state index contributed by atoms with van der Waals surface area (Å²) >= 11 is 0. The molecule has 0 rings (SSSR count). The number of carboxylic acid groups (broad SMARTS) is 2. The van der Waals surface area contributed by atoms with Crippen LogP contribution in [0.15, 0.2) is 12.2 Å². The molecule has 0 radical (unpaired) electrons. The van der Waals surface area contributed by atoms with Gasteiger partial charge in [-0.15, -0.1) is 0 Å². The highest BCUT2D eigenvalue weighted by atomic mass is 16.4. The van der Waals surface area contributed by atoms with E-state index in [1.807, 2.05) is 0 Å². The van der Waals surface area contributed by atoms with E-state index in [1.165, 1.54) is 0 Å². The minimum absolute atomic E-state index is 0.558. The second kappa shape index (κ2) is 2.79. The minimum Gasteiger partial charge on any atom is -0.478 e. The molecule has 0 spiro atoms. The lowest BCUT2D eigenvalue weighted by molar-refractivity contribution is -0.134. The Labute approximate surface area is 45.1 Å². The van der Waals surface area contributed by atoms with E-state index in [0.29, 0.717) is 12.2 Å². The average molecular weight is 118 g/mol. The molecule has 0 amide bonds. The molecule has 0 saturated carbocycles. The largest absolute Gasteiger partial charge is 0.478 e. The van der Waals surface area contributed by atoms with Crippen LogP contribution in [0.5, 0.6) is 0 Å². The minimum atomic E-state index is -1.26. The molecule has 0 aliphatic rings. The van der Waals surface area contributed by atoms with Gasteiger partial charge in [0.15, 0.2) is 0 Å². The Balaban J connectivity index is 3.67. The fourth-order valence-corrected chi connectivity index (χ4v) is 0.143. The van der Waals surface area contributed by atoms with E-state index in [9.17, 15) is 9.59 Å². The SMILES string of the molecule is O=C(O)/[13CH]=[13CH]/C(=O)O. The van der Waals surface area contributed by atoms with Gasteiger partial charge in [-0.1, -0.05) is 0 Å². The molecule has 0 aromatic heterocycles. The molecular weight excluding hydrogens is 114 g/mol. The predicted octanol–water partition coefficient (Wildman–Crippen LogP) is -0.288. The van der Waals surface area contributed by atoms with Gasteiger partial charge in [0.1, 0.15) is 0 Å². The van der Waals surface area contributed by atoms with Crippen molar-refractivity contribution >= 4 is 11.9 Å². The summed E-state index contributed by atoms with van der Waals surface area (Å²) in [4.78, 5) is 19.1. The van der Waals surface area contributed by atoms with Crippen LogP contribution in [0.25, 0.3) is 0 Å². The molecule has 2 N–H and O–H groups in total. The van der Waals surface area contributed by atoms with Crippen molar-refractivity contribution < 1.29 is 19.8 Å². The normalized spacial score (nSPS) is 9.50. The van der Waals surface area contributed by atoms with Crippen LogP contribution in [0.1, 0.15) is 0 Å². The first-order valence-electron chi connectivity index (χ1n) is 1.77. The molecule has 0 aliphatic heterocycles. The molecule has 0 aliphatic carbocycles. The summed E-state index contributed by atoms with van der Waals surface area (Å²) in [6.07, 6.45) is 1.12. The van der Waals surface area contributed by atoms with Crippen LogP contribution in [-0.2, 0) is 9.59 Å². The van der Waals surface area contributed by atoms with Crippen LogP contribution >= 0.6 is 0 Å². The third-order valence-electron chi connectivity index (χ3n) is 0.368. The Bertz CT molecular complexity index is 119. The Kier molecular flexibility index (Phi) is 2.33. The molecule has 44 valence electrons. The third kappa shape index (κ3) is 4.68. The van der Waals surface area contributed by atoms with Gasteiger partial charge in [0.05, 0.1) is 0 Å².